The molecule has 2 heterocycles. The molecule has 0 atom stereocenters. The maximum Gasteiger partial charge on any atom is 0.263 e. The summed E-state index contributed by atoms with van der Waals surface area (Å²) in [5.74, 6) is 1.23. The van der Waals surface area contributed by atoms with Crippen molar-refractivity contribution in [2.75, 3.05) is 20.8 Å². The molecule has 0 aliphatic heterocycles. The van der Waals surface area contributed by atoms with Crippen LogP contribution in [0, 0.1) is 13.8 Å². The summed E-state index contributed by atoms with van der Waals surface area (Å²) in [5, 5.41) is 1.32. The molecule has 2 aromatic heterocycles. The number of carbonyl (C=O) groups excluding carboxylic acids is 1. The Balaban J connectivity index is 2.02. The average Bonchev–Trinajstić information content (AvgIpc) is 2.99. The number of methoxy groups -OCH3 is 2. The van der Waals surface area contributed by atoms with Crippen molar-refractivity contribution in [3.63, 3.8) is 0 Å². The van der Waals surface area contributed by atoms with Gasteiger partial charge in [0, 0.05) is 28.9 Å². The third-order valence-electron chi connectivity index (χ3n) is 4.82. The SMILES string of the molecule is COCCn1c(SCc2cc(C(C)=O)ccc2OC)nc2sc(C)c(C)c2c1=O. The van der Waals surface area contributed by atoms with Gasteiger partial charge in [0.1, 0.15) is 10.6 Å². The topological polar surface area (TPSA) is 70.4 Å². The van der Waals surface area contributed by atoms with Crippen molar-refractivity contribution < 1.29 is 14.3 Å². The highest BCUT2D eigenvalue weighted by atomic mass is 32.2. The summed E-state index contributed by atoms with van der Waals surface area (Å²) in [7, 11) is 3.22. The molecule has 3 rings (SSSR count). The van der Waals surface area contributed by atoms with E-state index in [9.17, 15) is 9.59 Å². The smallest absolute Gasteiger partial charge is 0.263 e. The number of benzene rings is 1. The number of ketones is 1. The van der Waals surface area contributed by atoms with Gasteiger partial charge in [0.15, 0.2) is 10.9 Å². The number of thiophene rings is 1. The number of hydrogen-bond donors (Lipinski definition) is 0. The Hall–Kier alpha value is -2.16. The lowest BCUT2D eigenvalue weighted by Gasteiger charge is -2.13. The first-order valence-corrected chi connectivity index (χ1v) is 11.0. The Morgan fingerprint density at radius 2 is 2.03 bits per heavy atom. The van der Waals surface area contributed by atoms with Crippen LogP contribution in [0.1, 0.15) is 33.3 Å². The van der Waals surface area contributed by atoms with E-state index in [1.165, 1.54) is 30.0 Å². The zero-order valence-corrected chi connectivity index (χ0v) is 18.8. The summed E-state index contributed by atoms with van der Waals surface area (Å²) in [5.41, 5.74) is 2.46. The fourth-order valence-electron chi connectivity index (χ4n) is 3.05. The molecule has 0 bridgehead atoms. The van der Waals surface area contributed by atoms with E-state index >= 15 is 0 Å². The Morgan fingerprint density at radius 1 is 1.28 bits per heavy atom. The van der Waals surface area contributed by atoms with Gasteiger partial charge in [-0.3, -0.25) is 14.2 Å². The largest absolute Gasteiger partial charge is 0.496 e. The van der Waals surface area contributed by atoms with E-state index in [0.717, 1.165) is 20.8 Å². The fraction of sp³-hybridized carbons (Fsp3) is 0.381. The highest BCUT2D eigenvalue weighted by molar-refractivity contribution is 7.98. The molecule has 29 heavy (non-hydrogen) atoms. The third-order valence-corrected chi connectivity index (χ3v) is 6.94. The zero-order valence-electron chi connectivity index (χ0n) is 17.2. The van der Waals surface area contributed by atoms with Crippen molar-refractivity contribution in [1.82, 2.24) is 9.55 Å². The standard InChI is InChI=1S/C21H24N2O4S2/c1-12-14(3)29-19-18(12)20(25)23(8-9-26-4)21(22-19)28-11-16-10-15(13(2)24)6-7-17(16)27-5/h6-7,10H,8-9,11H2,1-5H3. The molecule has 0 aliphatic rings. The molecule has 0 saturated carbocycles. The fourth-order valence-corrected chi connectivity index (χ4v) is 5.12. The van der Waals surface area contributed by atoms with E-state index in [0.29, 0.717) is 40.8 Å². The van der Waals surface area contributed by atoms with E-state index in [-0.39, 0.29) is 11.3 Å². The van der Waals surface area contributed by atoms with Gasteiger partial charge in [0.2, 0.25) is 0 Å². The second-order valence-corrected chi connectivity index (χ2v) is 8.82. The molecule has 6 nitrogen and oxygen atoms in total. The van der Waals surface area contributed by atoms with Crippen LogP contribution in [0.25, 0.3) is 10.2 Å². The molecule has 8 heteroatoms. The van der Waals surface area contributed by atoms with Crippen LogP contribution in [0.4, 0.5) is 0 Å². The lowest BCUT2D eigenvalue weighted by atomic mass is 10.1. The maximum atomic E-state index is 13.2. The molecule has 3 aromatic rings. The minimum atomic E-state index is -0.0409. The molecule has 0 amide bonds. The molecule has 0 N–H and O–H groups in total. The van der Waals surface area contributed by atoms with Gasteiger partial charge in [-0.15, -0.1) is 11.3 Å². The summed E-state index contributed by atoms with van der Waals surface area (Å²) in [6.07, 6.45) is 0. The average molecular weight is 433 g/mol. The Morgan fingerprint density at radius 3 is 2.69 bits per heavy atom. The Kier molecular flexibility index (Phi) is 6.77. The molecule has 1 aromatic carbocycles. The number of ether oxygens (including phenoxy) is 2. The van der Waals surface area contributed by atoms with Crippen LogP contribution in [0.15, 0.2) is 28.2 Å². The van der Waals surface area contributed by atoms with Gasteiger partial charge in [0.05, 0.1) is 25.6 Å². The summed E-state index contributed by atoms with van der Waals surface area (Å²) >= 11 is 2.99. The third kappa shape index (κ3) is 4.39. The molecular weight excluding hydrogens is 408 g/mol. The molecule has 0 saturated heterocycles. The number of aromatic nitrogens is 2. The minimum Gasteiger partial charge on any atom is -0.496 e. The van der Waals surface area contributed by atoms with Crippen LogP contribution in [-0.4, -0.2) is 36.2 Å². The first-order valence-electron chi connectivity index (χ1n) is 9.17. The number of nitrogens with zero attached hydrogens (tertiary/aromatic N) is 2. The predicted octanol–water partition coefficient (Wildman–Crippen LogP) is 4.22. The second-order valence-electron chi connectivity index (χ2n) is 6.68. The summed E-state index contributed by atoms with van der Waals surface area (Å²) in [6.45, 7) is 6.36. The molecule has 0 aliphatic carbocycles. The van der Waals surface area contributed by atoms with Gasteiger partial charge in [-0.2, -0.15) is 0 Å². The minimum absolute atomic E-state index is 0.0000124. The number of thioether (sulfide) groups is 1. The normalized spacial score (nSPS) is 11.2. The molecular formula is C21H24N2O4S2. The Bertz CT molecular complexity index is 1120. The van der Waals surface area contributed by atoms with Crippen molar-refractivity contribution in [1.29, 1.82) is 0 Å². The molecule has 0 radical (unpaired) electrons. The van der Waals surface area contributed by atoms with Gasteiger partial charge in [0.25, 0.3) is 5.56 Å². The predicted molar refractivity (Wildman–Crippen MR) is 118 cm³/mol. The van der Waals surface area contributed by atoms with E-state index in [4.69, 9.17) is 14.5 Å². The number of Topliss-reactive ketones (excluding diaryl/α,β-unsaturated/α-hetero) is 1. The van der Waals surface area contributed by atoms with Crippen LogP contribution in [0.5, 0.6) is 5.75 Å². The lowest BCUT2D eigenvalue weighted by Crippen LogP contribution is -2.25. The lowest BCUT2D eigenvalue weighted by molar-refractivity contribution is 0.101. The van der Waals surface area contributed by atoms with E-state index in [2.05, 4.69) is 0 Å². The number of aryl methyl sites for hydroxylation is 2. The van der Waals surface area contributed by atoms with Crippen LogP contribution < -0.4 is 10.3 Å². The number of carbonyl (C=O) groups is 1. The quantitative estimate of drug-likeness (QED) is 0.301. The summed E-state index contributed by atoms with van der Waals surface area (Å²) < 4.78 is 12.3. The second kappa shape index (κ2) is 9.11. The molecule has 154 valence electrons. The highest BCUT2D eigenvalue weighted by Gasteiger charge is 2.17. The molecule has 0 spiro atoms. The summed E-state index contributed by atoms with van der Waals surface area (Å²) in [6, 6.07) is 5.39. The van der Waals surface area contributed by atoms with Crippen LogP contribution in [0.2, 0.25) is 0 Å². The monoisotopic (exact) mass is 432 g/mol. The molecule has 0 fully saturated rings. The Labute approximate surface area is 177 Å². The van der Waals surface area contributed by atoms with Gasteiger partial charge in [-0.25, -0.2) is 4.98 Å². The zero-order chi connectivity index (χ0) is 21.1. The van der Waals surface area contributed by atoms with Crippen LogP contribution in [-0.2, 0) is 17.0 Å². The van der Waals surface area contributed by atoms with Gasteiger partial charge in [-0.1, -0.05) is 11.8 Å². The highest BCUT2D eigenvalue weighted by Crippen LogP contribution is 2.31. The first-order chi connectivity index (χ1) is 13.9. The number of rotatable bonds is 8. The van der Waals surface area contributed by atoms with E-state index < -0.39 is 0 Å². The van der Waals surface area contributed by atoms with Crippen molar-refractivity contribution in [3.8, 4) is 5.75 Å². The van der Waals surface area contributed by atoms with Crippen molar-refractivity contribution in [2.24, 2.45) is 0 Å². The van der Waals surface area contributed by atoms with Crippen LogP contribution in [0.3, 0.4) is 0 Å². The van der Waals surface area contributed by atoms with Gasteiger partial charge < -0.3 is 9.47 Å². The van der Waals surface area contributed by atoms with E-state index in [1.54, 1.807) is 30.9 Å². The van der Waals surface area contributed by atoms with Crippen molar-refractivity contribution in [3.05, 3.63) is 50.1 Å². The van der Waals surface area contributed by atoms with Gasteiger partial charge in [-0.05, 0) is 44.5 Å². The summed E-state index contributed by atoms with van der Waals surface area (Å²) in [4.78, 5) is 31.5. The maximum absolute atomic E-state index is 13.2. The molecule has 0 unspecified atom stereocenters. The van der Waals surface area contributed by atoms with Gasteiger partial charge >= 0.3 is 0 Å². The first kappa shape index (κ1) is 21.5. The number of hydrogen-bond acceptors (Lipinski definition) is 7. The van der Waals surface area contributed by atoms with Crippen molar-refractivity contribution in [2.45, 2.75) is 38.2 Å². The van der Waals surface area contributed by atoms with Crippen molar-refractivity contribution >= 4 is 39.1 Å². The van der Waals surface area contributed by atoms with Crippen LogP contribution >= 0.6 is 23.1 Å². The number of fused-ring (bicyclic) bond motifs is 1. The van der Waals surface area contributed by atoms with E-state index in [1.807, 2.05) is 19.9 Å².